The number of nitrogens with zero attached hydrogens (tertiary/aromatic N) is 4. The summed E-state index contributed by atoms with van der Waals surface area (Å²) in [6, 6.07) is 0.501. The van der Waals surface area contributed by atoms with Crippen LogP contribution in [0.5, 0.6) is 0 Å². The van der Waals surface area contributed by atoms with Gasteiger partial charge < -0.3 is 4.74 Å². The molecule has 3 aliphatic heterocycles. The zero-order chi connectivity index (χ0) is 19.4. The lowest BCUT2D eigenvalue weighted by Crippen LogP contribution is -2.74. The van der Waals surface area contributed by atoms with Crippen LogP contribution >= 0.6 is 0 Å². The van der Waals surface area contributed by atoms with Crippen molar-refractivity contribution in [1.29, 1.82) is 0 Å². The molecule has 11 heteroatoms. The largest absolute Gasteiger partial charge is 0.451 e. The van der Waals surface area contributed by atoms with Crippen LogP contribution in [0.15, 0.2) is 11.1 Å². The number of likely N-dealkylation sites (tertiary alicyclic amines) is 1. The van der Waals surface area contributed by atoms with E-state index in [4.69, 9.17) is 4.74 Å². The van der Waals surface area contributed by atoms with Crippen molar-refractivity contribution >= 4 is 10.0 Å². The molecule has 7 nitrogen and oxygen atoms in total. The van der Waals surface area contributed by atoms with Crippen molar-refractivity contribution in [2.75, 3.05) is 39.4 Å². The van der Waals surface area contributed by atoms with Gasteiger partial charge in [0, 0.05) is 50.8 Å². The third kappa shape index (κ3) is 3.34. The Labute approximate surface area is 155 Å². The van der Waals surface area contributed by atoms with E-state index in [2.05, 4.69) is 14.9 Å². The molecular formula is C16H21F3N4O3S. The van der Waals surface area contributed by atoms with E-state index in [1.54, 1.807) is 0 Å². The van der Waals surface area contributed by atoms with Crippen LogP contribution in [0.2, 0.25) is 0 Å². The number of halogens is 3. The molecule has 3 aliphatic rings. The average Bonchev–Trinajstić information content (AvgIpc) is 2.52. The minimum absolute atomic E-state index is 0.0357. The summed E-state index contributed by atoms with van der Waals surface area (Å²) < 4.78 is 70.2. The molecule has 27 heavy (non-hydrogen) atoms. The molecule has 4 heterocycles. The summed E-state index contributed by atoms with van der Waals surface area (Å²) in [4.78, 5) is 8.65. The van der Waals surface area contributed by atoms with E-state index < -0.39 is 22.0 Å². The maximum Gasteiger partial charge on any atom is 0.451 e. The molecule has 0 bridgehead atoms. The smallest absolute Gasteiger partial charge is 0.381 e. The Morgan fingerprint density at radius 2 is 1.81 bits per heavy atom. The SMILES string of the molecule is Cc1nc(C(F)(F)F)ncc1S(=O)(=O)N1CC2(CN(C3CCOCC3)C2)C1. The fourth-order valence-electron chi connectivity index (χ4n) is 4.18. The van der Waals surface area contributed by atoms with Crippen molar-refractivity contribution in [3.8, 4) is 0 Å². The lowest BCUT2D eigenvalue weighted by Gasteiger charge is -2.61. The highest BCUT2D eigenvalue weighted by Crippen LogP contribution is 2.44. The predicted octanol–water partition coefficient (Wildman–Crippen LogP) is 1.29. The first kappa shape index (κ1) is 19.0. The number of hydrogen-bond donors (Lipinski definition) is 0. The minimum atomic E-state index is -4.70. The zero-order valence-electron chi connectivity index (χ0n) is 14.9. The van der Waals surface area contributed by atoms with E-state index in [9.17, 15) is 21.6 Å². The fraction of sp³-hybridized carbons (Fsp3) is 0.750. The van der Waals surface area contributed by atoms with Gasteiger partial charge in [0.15, 0.2) is 0 Å². The van der Waals surface area contributed by atoms with Crippen LogP contribution in [0.3, 0.4) is 0 Å². The van der Waals surface area contributed by atoms with Gasteiger partial charge in [0.2, 0.25) is 15.8 Å². The Hall–Kier alpha value is -1.30. The lowest BCUT2D eigenvalue weighted by molar-refractivity contribution is -0.145. The molecule has 150 valence electrons. The Bertz CT molecular complexity index is 826. The van der Waals surface area contributed by atoms with E-state index >= 15 is 0 Å². The molecule has 1 aromatic heterocycles. The monoisotopic (exact) mass is 406 g/mol. The summed E-state index contributed by atoms with van der Waals surface area (Å²) in [6.07, 6.45) is -1.94. The number of hydrogen-bond acceptors (Lipinski definition) is 6. The first-order valence-electron chi connectivity index (χ1n) is 8.84. The van der Waals surface area contributed by atoms with Crippen molar-refractivity contribution in [2.45, 2.75) is 36.9 Å². The van der Waals surface area contributed by atoms with Gasteiger partial charge in [0.05, 0.1) is 11.9 Å². The topological polar surface area (TPSA) is 75.6 Å². The molecule has 0 aliphatic carbocycles. The molecule has 0 unspecified atom stereocenters. The van der Waals surface area contributed by atoms with Crippen LogP contribution in [-0.2, 0) is 20.9 Å². The van der Waals surface area contributed by atoms with E-state index in [-0.39, 0.29) is 16.0 Å². The summed E-state index contributed by atoms with van der Waals surface area (Å²) in [6.45, 7) is 5.27. The molecule has 1 spiro atoms. The summed E-state index contributed by atoms with van der Waals surface area (Å²) in [5.74, 6) is -1.33. The molecule has 0 atom stereocenters. The van der Waals surface area contributed by atoms with Crippen molar-refractivity contribution in [3.63, 3.8) is 0 Å². The van der Waals surface area contributed by atoms with Gasteiger partial charge in [0.1, 0.15) is 4.90 Å². The second-order valence-corrected chi connectivity index (χ2v) is 9.57. The molecule has 3 saturated heterocycles. The number of aryl methyl sites for hydroxylation is 1. The predicted molar refractivity (Wildman–Crippen MR) is 88.4 cm³/mol. The van der Waals surface area contributed by atoms with Crippen molar-refractivity contribution in [3.05, 3.63) is 17.7 Å². The second-order valence-electron chi connectivity index (χ2n) is 7.66. The summed E-state index contributed by atoms with van der Waals surface area (Å²) in [7, 11) is -3.88. The third-order valence-electron chi connectivity index (χ3n) is 5.61. The minimum Gasteiger partial charge on any atom is -0.381 e. The first-order valence-corrected chi connectivity index (χ1v) is 10.3. The van der Waals surface area contributed by atoms with E-state index in [1.165, 1.54) is 11.2 Å². The molecule has 0 aromatic carbocycles. The molecule has 3 fully saturated rings. The number of aromatic nitrogens is 2. The quantitative estimate of drug-likeness (QED) is 0.753. The van der Waals surface area contributed by atoms with Crippen LogP contribution in [-0.4, -0.2) is 73.0 Å². The standard InChI is InChI=1S/C16H21F3N4O3S/c1-11-13(6-20-14(21-11)16(17,18)19)27(24,25)23-9-15(10-23)7-22(8-15)12-2-4-26-5-3-12/h6,12H,2-5,7-10H2,1H3. The normalized spacial score (nSPS) is 24.6. The molecule has 4 rings (SSSR count). The van der Waals surface area contributed by atoms with Crippen LogP contribution in [0.25, 0.3) is 0 Å². The van der Waals surface area contributed by atoms with Gasteiger partial charge in [-0.2, -0.15) is 17.5 Å². The average molecular weight is 406 g/mol. The van der Waals surface area contributed by atoms with E-state index in [1.807, 2.05) is 0 Å². The van der Waals surface area contributed by atoms with Gasteiger partial charge in [0.25, 0.3) is 0 Å². The summed E-state index contributed by atoms with van der Waals surface area (Å²) in [5, 5.41) is 0. The number of rotatable bonds is 3. The van der Waals surface area contributed by atoms with Crippen molar-refractivity contribution < 1.29 is 26.3 Å². The van der Waals surface area contributed by atoms with Crippen molar-refractivity contribution in [1.82, 2.24) is 19.2 Å². The highest BCUT2D eigenvalue weighted by molar-refractivity contribution is 7.89. The molecule has 0 radical (unpaired) electrons. The summed E-state index contributed by atoms with van der Waals surface area (Å²) >= 11 is 0. The fourth-order valence-corrected chi connectivity index (χ4v) is 5.95. The van der Waals surface area contributed by atoms with Gasteiger partial charge >= 0.3 is 6.18 Å². The highest BCUT2D eigenvalue weighted by atomic mass is 32.2. The second kappa shape index (κ2) is 6.36. The summed E-state index contributed by atoms with van der Waals surface area (Å²) in [5.41, 5.74) is -0.220. The van der Waals surface area contributed by atoms with E-state index in [0.29, 0.717) is 19.1 Å². The molecular weight excluding hydrogens is 385 g/mol. The van der Waals surface area contributed by atoms with Crippen LogP contribution in [0, 0.1) is 12.3 Å². The van der Waals surface area contributed by atoms with Crippen LogP contribution < -0.4 is 0 Å². The Balaban J connectivity index is 1.40. The number of ether oxygens (including phenoxy) is 1. The first-order chi connectivity index (χ1) is 12.6. The van der Waals surface area contributed by atoms with Gasteiger partial charge in [-0.3, -0.25) is 4.90 Å². The lowest BCUT2D eigenvalue weighted by atomic mass is 9.73. The van der Waals surface area contributed by atoms with Gasteiger partial charge in [-0.15, -0.1) is 0 Å². The zero-order valence-corrected chi connectivity index (χ0v) is 15.7. The van der Waals surface area contributed by atoms with E-state index in [0.717, 1.165) is 45.3 Å². The molecule has 0 N–H and O–H groups in total. The Kier molecular flexibility index (Phi) is 4.48. The maximum atomic E-state index is 12.7. The van der Waals surface area contributed by atoms with Gasteiger partial charge in [-0.1, -0.05) is 0 Å². The maximum absolute atomic E-state index is 12.7. The van der Waals surface area contributed by atoms with Crippen LogP contribution in [0.1, 0.15) is 24.4 Å². The van der Waals surface area contributed by atoms with Crippen LogP contribution in [0.4, 0.5) is 13.2 Å². The number of sulfonamides is 1. The van der Waals surface area contributed by atoms with Gasteiger partial charge in [-0.05, 0) is 19.8 Å². The molecule has 0 saturated carbocycles. The highest BCUT2D eigenvalue weighted by Gasteiger charge is 2.56. The molecule has 0 amide bonds. The third-order valence-corrected chi connectivity index (χ3v) is 7.51. The Morgan fingerprint density at radius 1 is 1.19 bits per heavy atom. The number of alkyl halides is 3. The molecule has 1 aromatic rings. The van der Waals surface area contributed by atoms with Crippen molar-refractivity contribution in [2.24, 2.45) is 5.41 Å². The van der Waals surface area contributed by atoms with Gasteiger partial charge in [-0.25, -0.2) is 18.4 Å². The Morgan fingerprint density at radius 3 is 2.37 bits per heavy atom.